The van der Waals surface area contributed by atoms with Crippen LogP contribution in [-0.4, -0.2) is 12.3 Å². The van der Waals surface area contributed by atoms with Crippen LogP contribution in [0, 0.1) is 6.61 Å². The van der Waals surface area contributed by atoms with E-state index in [0.717, 1.165) is 6.61 Å². The maximum atomic E-state index is 9.79. The molecule has 0 aliphatic rings. The molecule has 0 aromatic heterocycles. The molecule has 0 rings (SSSR count). The van der Waals surface area contributed by atoms with Gasteiger partial charge in [0.15, 0.2) is 6.29 Å². The van der Waals surface area contributed by atoms with E-state index < -0.39 is 5.97 Å². The van der Waals surface area contributed by atoms with Crippen molar-refractivity contribution in [3.63, 3.8) is 0 Å². The SMILES string of the molecule is CC(=O)O[CH]C=O. The van der Waals surface area contributed by atoms with E-state index in [1.54, 1.807) is 0 Å². The summed E-state index contributed by atoms with van der Waals surface area (Å²) in [6.45, 7) is 2.02. The molecule has 0 N–H and O–H groups in total. The Bertz CT molecular complexity index is 77.0. The highest BCUT2D eigenvalue weighted by Gasteiger charge is 1.86. The quantitative estimate of drug-likeness (QED) is 0.360. The second-order valence-electron chi connectivity index (χ2n) is 0.882. The monoisotopic (exact) mass is 101 g/mol. The minimum Gasteiger partial charge on any atom is -0.450 e. The molecule has 0 atom stereocenters. The number of aldehydes is 1. The molecule has 0 heterocycles. The summed E-state index contributed by atoms with van der Waals surface area (Å²) in [6.07, 6.45) is 0.404. The minimum absolute atomic E-state index is 0.404. The van der Waals surface area contributed by atoms with Gasteiger partial charge in [0.2, 0.25) is 6.61 Å². The molecule has 0 bridgehead atoms. The normalized spacial score (nSPS) is 7.57. The number of rotatable bonds is 2. The predicted molar refractivity (Wildman–Crippen MR) is 22.1 cm³/mol. The van der Waals surface area contributed by atoms with Crippen molar-refractivity contribution in [3.8, 4) is 0 Å². The summed E-state index contributed by atoms with van der Waals surface area (Å²) in [4.78, 5) is 19.2. The van der Waals surface area contributed by atoms with Crippen molar-refractivity contribution in [2.75, 3.05) is 0 Å². The lowest BCUT2D eigenvalue weighted by molar-refractivity contribution is -0.139. The molecule has 0 aromatic rings. The van der Waals surface area contributed by atoms with Crippen LogP contribution in [0.5, 0.6) is 0 Å². The van der Waals surface area contributed by atoms with Gasteiger partial charge in [0.25, 0.3) is 0 Å². The Morgan fingerprint density at radius 1 is 1.71 bits per heavy atom. The first-order valence-electron chi connectivity index (χ1n) is 1.71. The Balaban J connectivity index is 2.97. The van der Waals surface area contributed by atoms with E-state index in [-0.39, 0.29) is 0 Å². The highest BCUT2D eigenvalue weighted by atomic mass is 16.5. The van der Waals surface area contributed by atoms with Crippen LogP contribution < -0.4 is 0 Å². The third kappa shape index (κ3) is 5.14. The van der Waals surface area contributed by atoms with Crippen molar-refractivity contribution >= 4 is 12.3 Å². The summed E-state index contributed by atoms with van der Waals surface area (Å²) in [6, 6.07) is 0. The van der Waals surface area contributed by atoms with Crippen LogP contribution in [0.25, 0.3) is 0 Å². The van der Waals surface area contributed by atoms with Gasteiger partial charge < -0.3 is 4.74 Å². The molecule has 39 valence electrons. The maximum absolute atomic E-state index is 9.79. The zero-order chi connectivity index (χ0) is 5.70. The molecule has 0 spiro atoms. The number of hydrogen-bond donors (Lipinski definition) is 0. The van der Waals surface area contributed by atoms with Crippen molar-refractivity contribution in [1.82, 2.24) is 0 Å². The van der Waals surface area contributed by atoms with Crippen LogP contribution in [0.4, 0.5) is 0 Å². The standard InChI is InChI=1S/C4H5O3/c1-4(6)7-3-2-5/h2-3H,1H3. The predicted octanol–water partition coefficient (Wildman–Crippen LogP) is -0.0898. The molecule has 0 aliphatic heterocycles. The molecule has 0 saturated carbocycles. The molecular weight excluding hydrogens is 96.0 g/mol. The Labute approximate surface area is 41.3 Å². The van der Waals surface area contributed by atoms with Crippen molar-refractivity contribution in [3.05, 3.63) is 6.61 Å². The molecule has 0 amide bonds. The first-order chi connectivity index (χ1) is 3.27. The smallest absolute Gasteiger partial charge is 0.303 e. The third-order valence-electron chi connectivity index (χ3n) is 0.290. The van der Waals surface area contributed by atoms with Gasteiger partial charge in [-0.1, -0.05) is 0 Å². The van der Waals surface area contributed by atoms with Crippen LogP contribution in [0.3, 0.4) is 0 Å². The molecule has 0 unspecified atom stereocenters. The van der Waals surface area contributed by atoms with E-state index in [9.17, 15) is 9.59 Å². The topological polar surface area (TPSA) is 43.4 Å². The van der Waals surface area contributed by atoms with Crippen molar-refractivity contribution < 1.29 is 14.3 Å². The number of carbonyl (C=O) groups is 2. The maximum Gasteiger partial charge on any atom is 0.303 e. The molecule has 0 aliphatic carbocycles. The van der Waals surface area contributed by atoms with Gasteiger partial charge in [-0.25, -0.2) is 0 Å². The van der Waals surface area contributed by atoms with E-state index in [1.807, 2.05) is 0 Å². The fourth-order valence-electron chi connectivity index (χ4n) is 0.124. The molecule has 0 saturated heterocycles. The lowest BCUT2D eigenvalue weighted by atomic mass is 10.8. The van der Waals surface area contributed by atoms with Gasteiger partial charge in [0, 0.05) is 6.92 Å². The van der Waals surface area contributed by atoms with Gasteiger partial charge in [0.05, 0.1) is 0 Å². The molecule has 0 fully saturated rings. The van der Waals surface area contributed by atoms with Crippen molar-refractivity contribution in [2.24, 2.45) is 0 Å². The summed E-state index contributed by atoms with van der Waals surface area (Å²) in [7, 11) is 0. The Hall–Kier alpha value is -0.860. The summed E-state index contributed by atoms with van der Waals surface area (Å²) >= 11 is 0. The van der Waals surface area contributed by atoms with Crippen LogP contribution in [0.2, 0.25) is 0 Å². The summed E-state index contributed by atoms with van der Waals surface area (Å²) < 4.78 is 4.06. The number of ether oxygens (including phenoxy) is 1. The summed E-state index contributed by atoms with van der Waals surface area (Å²) in [5.74, 6) is -0.480. The van der Waals surface area contributed by atoms with E-state index in [0.29, 0.717) is 6.29 Å². The van der Waals surface area contributed by atoms with Gasteiger partial charge in [-0.2, -0.15) is 0 Å². The fourth-order valence-corrected chi connectivity index (χ4v) is 0.124. The largest absolute Gasteiger partial charge is 0.450 e. The van der Waals surface area contributed by atoms with Crippen molar-refractivity contribution in [1.29, 1.82) is 0 Å². The van der Waals surface area contributed by atoms with Gasteiger partial charge in [-0.15, -0.1) is 0 Å². The second-order valence-corrected chi connectivity index (χ2v) is 0.882. The van der Waals surface area contributed by atoms with Crippen LogP contribution in [0.1, 0.15) is 6.92 Å². The summed E-state index contributed by atoms with van der Waals surface area (Å²) in [5.41, 5.74) is 0. The summed E-state index contributed by atoms with van der Waals surface area (Å²) in [5, 5.41) is 0. The van der Waals surface area contributed by atoms with E-state index in [2.05, 4.69) is 4.74 Å². The lowest BCUT2D eigenvalue weighted by Gasteiger charge is -1.87. The minimum atomic E-state index is -0.480. The lowest BCUT2D eigenvalue weighted by Crippen LogP contribution is -1.94. The van der Waals surface area contributed by atoms with E-state index >= 15 is 0 Å². The average Bonchev–Trinajstić information content (AvgIpc) is 1.61. The zero-order valence-electron chi connectivity index (χ0n) is 3.88. The van der Waals surface area contributed by atoms with E-state index in [1.165, 1.54) is 6.92 Å². The highest BCUT2D eigenvalue weighted by Crippen LogP contribution is 1.74. The molecule has 7 heavy (non-hydrogen) atoms. The van der Waals surface area contributed by atoms with Gasteiger partial charge >= 0.3 is 5.97 Å². The number of hydrogen-bond acceptors (Lipinski definition) is 3. The second kappa shape index (κ2) is 3.33. The highest BCUT2D eigenvalue weighted by molar-refractivity contribution is 5.70. The number of carbonyl (C=O) groups excluding carboxylic acids is 2. The van der Waals surface area contributed by atoms with E-state index in [4.69, 9.17) is 0 Å². The first-order valence-corrected chi connectivity index (χ1v) is 1.71. The van der Waals surface area contributed by atoms with Crippen LogP contribution in [-0.2, 0) is 14.3 Å². The van der Waals surface area contributed by atoms with Crippen LogP contribution >= 0.6 is 0 Å². The molecule has 3 heteroatoms. The Kier molecular flexibility index (Phi) is 2.92. The molecule has 1 radical (unpaired) electrons. The Morgan fingerprint density at radius 2 is 2.29 bits per heavy atom. The van der Waals surface area contributed by atoms with Gasteiger partial charge in [-0.05, 0) is 0 Å². The van der Waals surface area contributed by atoms with Gasteiger partial charge in [-0.3, -0.25) is 9.59 Å². The fraction of sp³-hybridized carbons (Fsp3) is 0.250. The molecule has 0 aromatic carbocycles. The third-order valence-corrected chi connectivity index (χ3v) is 0.290. The average molecular weight is 101 g/mol. The van der Waals surface area contributed by atoms with Crippen molar-refractivity contribution in [2.45, 2.75) is 6.92 Å². The Morgan fingerprint density at radius 3 is 2.43 bits per heavy atom. The van der Waals surface area contributed by atoms with Gasteiger partial charge in [0.1, 0.15) is 0 Å². The molecular formula is C4H5O3. The zero-order valence-corrected chi connectivity index (χ0v) is 3.88. The van der Waals surface area contributed by atoms with Crippen LogP contribution in [0.15, 0.2) is 0 Å². The number of esters is 1. The first kappa shape index (κ1) is 6.14. The molecule has 3 nitrogen and oxygen atoms in total.